The van der Waals surface area contributed by atoms with E-state index in [0.717, 1.165) is 176 Å². The number of H-pyrrole nitrogens is 5. The van der Waals surface area contributed by atoms with Crippen molar-refractivity contribution in [3.05, 3.63) is 393 Å². The number of rotatable bonds is 18. The van der Waals surface area contributed by atoms with Crippen LogP contribution in [0.25, 0.3) is 62.4 Å². The summed E-state index contributed by atoms with van der Waals surface area (Å²) in [4.78, 5) is 73.1. The van der Waals surface area contributed by atoms with Crippen molar-refractivity contribution in [1.82, 2.24) is 75.5 Å². The molecule has 1 fully saturated rings. The summed E-state index contributed by atoms with van der Waals surface area (Å²) in [5.74, 6) is 0.829. The van der Waals surface area contributed by atoms with E-state index in [1.165, 1.54) is 22.4 Å². The third-order valence-electron chi connectivity index (χ3n) is 24.7. The molecule has 1 saturated carbocycles. The van der Waals surface area contributed by atoms with Crippen molar-refractivity contribution < 1.29 is 34.2 Å². The summed E-state index contributed by atoms with van der Waals surface area (Å²) in [5.41, 5.74) is 26.5. The number of carbonyl (C=O) groups is 5. The minimum atomic E-state index is -1.02. The summed E-state index contributed by atoms with van der Waals surface area (Å²) < 4.78 is 0. The van der Waals surface area contributed by atoms with Gasteiger partial charge in [-0.3, -0.25) is 49.5 Å². The zero-order valence-corrected chi connectivity index (χ0v) is 71.4. The van der Waals surface area contributed by atoms with E-state index in [1.54, 1.807) is 11.0 Å². The molecular weight excluding hydrogens is 1600 g/mol. The molecule has 22 nitrogen and oxygen atoms in total. The molecule has 644 valence electrons. The molecule has 22 heteroatoms. The lowest BCUT2D eigenvalue weighted by Crippen LogP contribution is -2.42. The second-order valence-electron chi connectivity index (χ2n) is 33.1. The molecule has 21 rings (SSSR count). The standard InChI is InChI=1S/C22H21N3O.2C21H21N3O2.C21H21N3O.C21H19N3O/c26-22(18-13-17(18)15-7-3-1-4-8-15)25-12-11-20-19(14-25)21(24-23-20)16-9-5-2-6-10-16;25-19(15-7-3-1-4-8-15)13-20(26)24-12-11-18-17(14-24)21(23-22-18)16-9-5-2-6-10-16;25-19(13-15-7-3-1-4-8-15)21(26)24-12-11-18-17(14-24)20(23-22-18)16-9-5-2-6-10-16;2*25-20(12-11-16-7-3-1-4-8-16)24-14-13-19-18(15-24)21(23-22-19)17-9-5-2-6-10-17/h1-10,17-18H,11-14H2,(H,23,24);2*1-10,19,25H,11-14H2,(H,22,23);1-10H,11-15H2,(H,22,23);1-12H,13-15H2,(H,22,23)/b;;;;12-11+/t17-,18?;;;;/m0..../s1. The van der Waals surface area contributed by atoms with E-state index in [1.807, 2.05) is 268 Å². The molecule has 0 spiro atoms. The predicted octanol–water partition coefficient (Wildman–Crippen LogP) is 16.7. The molecule has 3 unspecified atom stereocenters. The Morgan fingerprint density at radius 2 is 0.680 bits per heavy atom. The Hall–Kier alpha value is -14.7. The second-order valence-corrected chi connectivity index (χ2v) is 33.1. The first-order valence-corrected chi connectivity index (χ1v) is 44.1. The minimum absolute atomic E-state index is 0.0350. The van der Waals surface area contributed by atoms with Crippen LogP contribution < -0.4 is 0 Å². The number of aliphatic hydroxyl groups is 2. The van der Waals surface area contributed by atoms with Crippen LogP contribution in [0.2, 0.25) is 0 Å². The van der Waals surface area contributed by atoms with Crippen LogP contribution in [-0.2, 0) is 102 Å². The molecule has 4 atom stereocenters. The molecule has 6 aliphatic rings. The third-order valence-corrected chi connectivity index (χ3v) is 24.7. The third kappa shape index (κ3) is 20.8. The van der Waals surface area contributed by atoms with E-state index in [9.17, 15) is 34.2 Å². The van der Waals surface area contributed by atoms with Gasteiger partial charge in [0.05, 0.1) is 41.0 Å². The molecule has 15 aromatic rings. The Bertz CT molecular complexity index is 6090. The molecule has 0 saturated heterocycles. The molecule has 0 radical (unpaired) electrons. The van der Waals surface area contributed by atoms with Crippen LogP contribution in [-0.4, -0.2) is 154 Å². The first-order chi connectivity index (χ1) is 62.9. The molecule has 5 aromatic heterocycles. The number of carbonyl (C=O) groups excluding carboxylic acids is 5. The topological polar surface area (TPSA) is 285 Å². The summed E-state index contributed by atoms with van der Waals surface area (Å²) in [6, 6.07) is 99.8. The maximum absolute atomic E-state index is 13.0. The minimum Gasteiger partial charge on any atom is -0.388 e. The fraction of sp³-hybridized carbons (Fsp3) is 0.226. The number of aromatic nitrogens is 10. The van der Waals surface area contributed by atoms with E-state index >= 15 is 0 Å². The highest BCUT2D eigenvalue weighted by Crippen LogP contribution is 2.49. The van der Waals surface area contributed by atoms with Crippen LogP contribution in [0.15, 0.2) is 309 Å². The van der Waals surface area contributed by atoms with Crippen molar-refractivity contribution in [3.63, 3.8) is 0 Å². The van der Waals surface area contributed by atoms with Gasteiger partial charge in [-0.05, 0) is 52.7 Å². The summed E-state index contributed by atoms with van der Waals surface area (Å²) in [6.07, 6.45) is 8.44. The van der Waals surface area contributed by atoms with Gasteiger partial charge in [-0.15, -0.1) is 0 Å². The molecule has 1 aliphatic carbocycles. The zero-order valence-electron chi connectivity index (χ0n) is 71.4. The van der Waals surface area contributed by atoms with Gasteiger partial charge in [0.2, 0.25) is 23.6 Å². The zero-order chi connectivity index (χ0) is 87.5. The van der Waals surface area contributed by atoms with Gasteiger partial charge in [0.1, 0.15) is 6.10 Å². The average Bonchev–Trinajstić information content (AvgIpc) is 1.62. The average molecular weight is 1700 g/mol. The maximum atomic E-state index is 13.0. The van der Waals surface area contributed by atoms with E-state index in [4.69, 9.17) is 0 Å². The van der Waals surface area contributed by atoms with E-state index in [-0.39, 0.29) is 36.0 Å². The second kappa shape index (κ2) is 40.9. The predicted molar refractivity (Wildman–Crippen MR) is 495 cm³/mol. The van der Waals surface area contributed by atoms with Crippen molar-refractivity contribution in [2.24, 2.45) is 5.92 Å². The number of aliphatic hydroxyl groups excluding tert-OH is 2. The number of aromatic amines is 5. The highest BCUT2D eigenvalue weighted by molar-refractivity contribution is 5.92. The highest BCUT2D eigenvalue weighted by Gasteiger charge is 2.46. The number of benzene rings is 10. The number of nitrogens with one attached hydrogen (secondary N) is 5. The SMILES string of the molecule is O=C(/C=C/c1ccccc1)N1CCc2[nH]nc(-c3ccccc3)c2C1.O=C(C(O)Cc1ccccc1)N1CCc2[nH]nc(-c3ccccc3)c2C1.O=C(C1C[C@H]1c1ccccc1)N1CCc2[nH]nc(-c3ccccc3)c2C1.O=C(CC(O)c1ccccc1)N1CCc2[nH]nc(-c3ccccc3)c2C1.O=C(CCc1ccccc1)N1CCc2[nH]nc(-c3ccccc3)c2C1. The lowest BCUT2D eigenvalue weighted by Gasteiger charge is -2.29. The summed E-state index contributed by atoms with van der Waals surface area (Å²) in [7, 11) is 0. The van der Waals surface area contributed by atoms with Gasteiger partial charge in [-0.1, -0.05) is 303 Å². The Morgan fingerprint density at radius 3 is 1.09 bits per heavy atom. The van der Waals surface area contributed by atoms with Crippen molar-refractivity contribution in [1.29, 1.82) is 0 Å². The maximum Gasteiger partial charge on any atom is 0.252 e. The molecule has 128 heavy (non-hydrogen) atoms. The van der Waals surface area contributed by atoms with Crippen molar-refractivity contribution in [3.8, 4) is 56.3 Å². The quantitative estimate of drug-likeness (QED) is 0.0395. The van der Waals surface area contributed by atoms with Gasteiger partial charge in [0.25, 0.3) is 5.91 Å². The van der Waals surface area contributed by atoms with E-state index in [0.29, 0.717) is 77.0 Å². The normalized spacial score (nSPS) is 15.7. The highest BCUT2D eigenvalue weighted by atomic mass is 16.3. The van der Waals surface area contributed by atoms with Crippen LogP contribution in [0, 0.1) is 5.92 Å². The van der Waals surface area contributed by atoms with Gasteiger partial charge in [0.15, 0.2) is 0 Å². The van der Waals surface area contributed by atoms with Crippen LogP contribution in [0.3, 0.4) is 0 Å². The number of nitrogens with zero attached hydrogens (tertiary/aromatic N) is 10. The molecule has 5 aliphatic heterocycles. The number of hydrogen-bond donors (Lipinski definition) is 7. The Balaban J connectivity index is 0.000000113. The van der Waals surface area contributed by atoms with Gasteiger partial charge in [-0.2, -0.15) is 25.5 Å². The largest absolute Gasteiger partial charge is 0.388 e. The summed E-state index contributed by atoms with van der Waals surface area (Å²) >= 11 is 0. The van der Waals surface area contributed by atoms with Gasteiger partial charge in [0, 0.05) is 206 Å². The number of amides is 5. The number of aryl methyl sites for hydroxylation is 1. The fourth-order valence-electron chi connectivity index (χ4n) is 17.5. The monoisotopic (exact) mass is 1700 g/mol. The molecule has 10 aromatic carbocycles. The van der Waals surface area contributed by atoms with Crippen molar-refractivity contribution >= 4 is 35.6 Å². The van der Waals surface area contributed by atoms with E-state index < -0.39 is 12.2 Å². The Kier molecular flexibility index (Phi) is 27.3. The summed E-state index contributed by atoms with van der Waals surface area (Å²) in [6.45, 7) is 6.37. The number of fused-ring (bicyclic) bond motifs is 5. The molecule has 0 bridgehead atoms. The van der Waals surface area contributed by atoms with Gasteiger partial charge >= 0.3 is 0 Å². The van der Waals surface area contributed by atoms with Crippen LogP contribution in [0.1, 0.15) is 115 Å². The Morgan fingerprint density at radius 1 is 0.359 bits per heavy atom. The summed E-state index contributed by atoms with van der Waals surface area (Å²) in [5, 5.41) is 58.8. The van der Waals surface area contributed by atoms with Crippen molar-refractivity contribution in [2.75, 3.05) is 32.7 Å². The lowest BCUT2D eigenvalue weighted by molar-refractivity contribution is -0.141. The lowest BCUT2D eigenvalue weighted by atomic mass is 10.00. The number of hydrogen-bond acceptors (Lipinski definition) is 12. The van der Waals surface area contributed by atoms with Gasteiger partial charge < -0.3 is 34.7 Å². The fourth-order valence-corrected chi connectivity index (χ4v) is 17.5. The van der Waals surface area contributed by atoms with Gasteiger partial charge in [-0.25, -0.2) is 0 Å². The smallest absolute Gasteiger partial charge is 0.252 e. The molecular formula is C106H103N15O7. The van der Waals surface area contributed by atoms with Crippen LogP contribution in [0.4, 0.5) is 0 Å². The first kappa shape index (κ1) is 85.4. The molecule has 10 heterocycles. The first-order valence-electron chi connectivity index (χ1n) is 44.1. The molecule has 5 amide bonds. The van der Waals surface area contributed by atoms with Crippen LogP contribution in [0.5, 0.6) is 0 Å². The van der Waals surface area contributed by atoms with Crippen LogP contribution >= 0.6 is 0 Å². The molecule has 7 N–H and O–H groups in total. The van der Waals surface area contributed by atoms with E-state index in [2.05, 4.69) is 112 Å². The van der Waals surface area contributed by atoms with Crippen molar-refractivity contribution in [2.45, 2.75) is 115 Å². The Labute approximate surface area is 744 Å².